The molecule has 31 heavy (non-hydrogen) atoms. The average Bonchev–Trinajstić information content (AvgIpc) is 2.77. The molecule has 2 aromatic carbocycles. The molecule has 1 aliphatic heterocycles. The van der Waals surface area contributed by atoms with Crippen LogP contribution in [0.5, 0.6) is 0 Å². The number of carbonyl (C=O) groups excluding carboxylic acids is 1. The summed E-state index contributed by atoms with van der Waals surface area (Å²) < 4.78 is 22.6. The van der Waals surface area contributed by atoms with Crippen molar-refractivity contribution in [1.29, 1.82) is 0 Å². The van der Waals surface area contributed by atoms with Gasteiger partial charge in [0.15, 0.2) is 0 Å². The van der Waals surface area contributed by atoms with Gasteiger partial charge in [-0.2, -0.15) is 0 Å². The zero-order chi connectivity index (χ0) is 22.1. The largest absolute Gasteiger partial charge is 0.435 e. The molecule has 164 valence electrons. The quantitative estimate of drug-likeness (QED) is 0.284. The highest BCUT2D eigenvalue weighted by atomic mass is 16.7. The molecule has 5 atom stereocenters. The third-order valence-corrected chi connectivity index (χ3v) is 4.79. The van der Waals surface area contributed by atoms with Gasteiger partial charge in [0.05, 0.1) is 19.8 Å². The van der Waals surface area contributed by atoms with Crippen molar-refractivity contribution >= 4 is 5.97 Å². The third-order valence-electron chi connectivity index (χ3n) is 4.79. The Balaban J connectivity index is 1.72. The lowest BCUT2D eigenvalue weighted by Gasteiger charge is -2.42. The van der Waals surface area contributed by atoms with E-state index in [1.807, 2.05) is 60.7 Å². The molecule has 0 radical (unpaired) electrons. The first kappa shape index (κ1) is 22.7. The predicted octanol–water partition coefficient (Wildman–Crippen LogP) is 3.12. The lowest BCUT2D eigenvalue weighted by molar-refractivity contribution is -0.269. The summed E-state index contributed by atoms with van der Waals surface area (Å²) in [5.41, 5.74) is 10.8. The summed E-state index contributed by atoms with van der Waals surface area (Å²) in [5, 5.41) is 14.6. The maximum absolute atomic E-state index is 11.6. The summed E-state index contributed by atoms with van der Waals surface area (Å²) in [6.45, 7) is 1.75. The number of carbonyl (C=O) groups is 1. The molecule has 0 aliphatic carbocycles. The van der Waals surface area contributed by atoms with Crippen molar-refractivity contribution in [2.45, 2.75) is 50.8 Å². The Kier molecular flexibility index (Phi) is 8.40. The molecular weight excluding hydrogens is 402 g/mol. The summed E-state index contributed by atoms with van der Waals surface area (Å²) in [5.74, 6) is -0.606. The summed E-state index contributed by atoms with van der Waals surface area (Å²) in [7, 11) is 0. The van der Waals surface area contributed by atoms with E-state index in [9.17, 15) is 9.90 Å². The van der Waals surface area contributed by atoms with Crippen molar-refractivity contribution in [3.63, 3.8) is 0 Å². The summed E-state index contributed by atoms with van der Waals surface area (Å²) in [6.07, 6.45) is -4.18. The molecule has 0 unspecified atom stereocenters. The lowest BCUT2D eigenvalue weighted by Crippen LogP contribution is -2.59. The second-order valence-electron chi connectivity index (χ2n) is 7.10. The van der Waals surface area contributed by atoms with Crippen molar-refractivity contribution in [3.05, 3.63) is 82.2 Å². The van der Waals surface area contributed by atoms with Gasteiger partial charge in [-0.05, 0) is 16.7 Å². The van der Waals surface area contributed by atoms with E-state index >= 15 is 0 Å². The van der Waals surface area contributed by atoms with Crippen LogP contribution in [0.4, 0.5) is 0 Å². The molecule has 0 spiro atoms. The SMILES string of the molecule is CC(=O)O[C@@H]1O[C@H](COCc2ccccc2)[C@@H](O)[C@H](OCc2ccccc2)[C@H]1N=[N+]=[N-]. The van der Waals surface area contributed by atoms with Crippen LogP contribution in [0.25, 0.3) is 10.4 Å². The van der Waals surface area contributed by atoms with Crippen molar-refractivity contribution < 1.29 is 28.8 Å². The number of azide groups is 1. The molecule has 9 nitrogen and oxygen atoms in total. The molecule has 1 saturated heterocycles. The van der Waals surface area contributed by atoms with Crippen LogP contribution in [0.15, 0.2) is 65.8 Å². The second kappa shape index (κ2) is 11.5. The molecule has 0 saturated carbocycles. The van der Waals surface area contributed by atoms with E-state index in [1.54, 1.807) is 0 Å². The fraction of sp³-hybridized carbons (Fsp3) is 0.409. The summed E-state index contributed by atoms with van der Waals surface area (Å²) >= 11 is 0. The minimum Gasteiger partial charge on any atom is -0.435 e. The van der Waals surface area contributed by atoms with Gasteiger partial charge in [0.1, 0.15) is 24.4 Å². The van der Waals surface area contributed by atoms with Crippen LogP contribution in [-0.2, 0) is 37.0 Å². The van der Waals surface area contributed by atoms with Gasteiger partial charge >= 0.3 is 5.97 Å². The monoisotopic (exact) mass is 427 g/mol. The van der Waals surface area contributed by atoms with E-state index in [0.29, 0.717) is 6.61 Å². The van der Waals surface area contributed by atoms with Crippen LogP contribution in [0.2, 0.25) is 0 Å². The number of rotatable bonds is 9. The van der Waals surface area contributed by atoms with E-state index in [0.717, 1.165) is 11.1 Å². The van der Waals surface area contributed by atoms with E-state index in [1.165, 1.54) is 6.92 Å². The first-order chi connectivity index (χ1) is 15.1. The Morgan fingerprint density at radius 1 is 1.10 bits per heavy atom. The van der Waals surface area contributed by atoms with E-state index in [-0.39, 0.29) is 13.2 Å². The molecule has 1 N–H and O–H groups in total. The van der Waals surface area contributed by atoms with Gasteiger partial charge in [-0.15, -0.1) is 0 Å². The first-order valence-corrected chi connectivity index (χ1v) is 9.90. The van der Waals surface area contributed by atoms with Gasteiger partial charge in [-0.1, -0.05) is 65.8 Å². The average molecular weight is 427 g/mol. The van der Waals surface area contributed by atoms with E-state index < -0.39 is 36.6 Å². The Bertz CT molecular complexity index is 875. The van der Waals surface area contributed by atoms with Crippen LogP contribution in [0, 0.1) is 0 Å². The first-order valence-electron chi connectivity index (χ1n) is 9.90. The highest BCUT2D eigenvalue weighted by molar-refractivity contribution is 5.66. The molecular formula is C22H25N3O6. The van der Waals surface area contributed by atoms with Gasteiger partial charge < -0.3 is 24.1 Å². The van der Waals surface area contributed by atoms with Crippen LogP contribution in [0.1, 0.15) is 18.1 Å². The van der Waals surface area contributed by atoms with Gasteiger partial charge in [0.2, 0.25) is 6.29 Å². The molecule has 0 amide bonds. The second-order valence-corrected chi connectivity index (χ2v) is 7.10. The maximum Gasteiger partial charge on any atom is 0.304 e. The number of aliphatic hydroxyl groups excluding tert-OH is 1. The van der Waals surface area contributed by atoms with Gasteiger partial charge in [-0.25, -0.2) is 0 Å². The van der Waals surface area contributed by atoms with Crippen molar-refractivity contribution in [2.75, 3.05) is 6.61 Å². The Hall–Kier alpha value is -2.94. The molecule has 1 heterocycles. The van der Waals surface area contributed by atoms with E-state index in [4.69, 9.17) is 24.5 Å². The molecule has 2 aromatic rings. The third kappa shape index (κ3) is 6.52. The Morgan fingerprint density at radius 2 is 1.71 bits per heavy atom. The summed E-state index contributed by atoms with van der Waals surface area (Å²) in [4.78, 5) is 14.4. The van der Waals surface area contributed by atoms with Crippen molar-refractivity contribution in [1.82, 2.24) is 0 Å². The number of benzene rings is 2. The maximum atomic E-state index is 11.6. The van der Waals surface area contributed by atoms with Crippen molar-refractivity contribution in [2.24, 2.45) is 5.11 Å². The van der Waals surface area contributed by atoms with Gasteiger partial charge in [0, 0.05) is 11.8 Å². The number of esters is 1. The fourth-order valence-electron chi connectivity index (χ4n) is 3.31. The number of nitrogens with zero attached hydrogens (tertiary/aromatic N) is 3. The van der Waals surface area contributed by atoms with Crippen LogP contribution < -0.4 is 0 Å². The molecule has 3 rings (SSSR count). The number of hydrogen-bond acceptors (Lipinski definition) is 7. The van der Waals surface area contributed by atoms with Gasteiger partial charge in [-0.3, -0.25) is 4.79 Å². The molecule has 1 fully saturated rings. The zero-order valence-corrected chi connectivity index (χ0v) is 17.1. The minimum absolute atomic E-state index is 0.0298. The van der Waals surface area contributed by atoms with Crippen LogP contribution in [-0.4, -0.2) is 48.3 Å². The van der Waals surface area contributed by atoms with Crippen molar-refractivity contribution in [3.8, 4) is 0 Å². The van der Waals surface area contributed by atoms with E-state index in [2.05, 4.69) is 10.0 Å². The molecule has 0 bridgehead atoms. The molecule has 0 aromatic heterocycles. The minimum atomic E-state index is -1.21. The summed E-state index contributed by atoms with van der Waals surface area (Å²) in [6, 6.07) is 17.9. The highest BCUT2D eigenvalue weighted by Crippen LogP contribution is 2.28. The fourth-order valence-corrected chi connectivity index (χ4v) is 3.31. The zero-order valence-electron chi connectivity index (χ0n) is 17.1. The standard InChI is InChI=1S/C22H25N3O6/c1-15(26)30-22-19(24-25-23)21(29-13-17-10-6-3-7-11-17)20(27)18(31-22)14-28-12-16-8-4-2-5-9-16/h2-11,18-22,27H,12-14H2,1H3/t18-,19-,20-,21-,22-/m1/s1. The Labute approximate surface area is 180 Å². The number of hydrogen-bond donors (Lipinski definition) is 1. The topological polar surface area (TPSA) is 123 Å². The molecule has 9 heteroatoms. The number of ether oxygens (including phenoxy) is 4. The Morgan fingerprint density at radius 3 is 2.29 bits per heavy atom. The van der Waals surface area contributed by atoms with Crippen LogP contribution >= 0.6 is 0 Å². The predicted molar refractivity (Wildman–Crippen MR) is 110 cm³/mol. The van der Waals surface area contributed by atoms with Crippen LogP contribution in [0.3, 0.4) is 0 Å². The van der Waals surface area contributed by atoms with Gasteiger partial charge in [0.25, 0.3) is 0 Å². The lowest BCUT2D eigenvalue weighted by atomic mass is 9.97. The number of aliphatic hydroxyl groups is 1. The smallest absolute Gasteiger partial charge is 0.304 e. The highest BCUT2D eigenvalue weighted by Gasteiger charge is 2.47. The normalized spacial score (nSPS) is 25.4. The molecule has 1 aliphatic rings.